The van der Waals surface area contributed by atoms with Gasteiger partial charge in [0, 0.05) is 50.2 Å². The average Bonchev–Trinajstić information content (AvgIpc) is 3.02. The van der Waals surface area contributed by atoms with E-state index in [0.717, 1.165) is 19.8 Å². The van der Waals surface area contributed by atoms with Crippen LogP contribution in [0, 0.1) is 0 Å². The van der Waals surface area contributed by atoms with Gasteiger partial charge in [-0.1, -0.05) is 0 Å². The van der Waals surface area contributed by atoms with E-state index >= 15 is 0 Å². The molecule has 3 rings (SSSR count). The number of rotatable bonds is 3. The Morgan fingerprint density at radius 2 is 2.11 bits per heavy atom. The molecule has 2 aliphatic rings. The minimum Gasteiger partial charge on any atom is -0.380 e. The number of nitrogens with zero attached hydrogens (tertiary/aromatic N) is 2. The third-order valence-corrected chi connectivity index (χ3v) is 5.45. The summed E-state index contributed by atoms with van der Waals surface area (Å²) in [6, 6.07) is 5.06. The predicted molar refractivity (Wildman–Crippen MR) is 78.1 cm³/mol. The van der Waals surface area contributed by atoms with Crippen LogP contribution in [0.25, 0.3) is 0 Å². The Bertz CT molecular complexity index is 384. The van der Waals surface area contributed by atoms with Gasteiger partial charge in [-0.3, -0.25) is 9.80 Å². The second-order valence-corrected chi connectivity index (χ2v) is 7.58. The Labute approximate surface area is 121 Å². The van der Waals surface area contributed by atoms with E-state index in [1.165, 1.54) is 41.3 Å². The van der Waals surface area contributed by atoms with E-state index in [1.807, 2.05) is 11.3 Å². The molecule has 3 heterocycles. The lowest BCUT2D eigenvalue weighted by Gasteiger charge is -2.37. The van der Waals surface area contributed by atoms with Crippen LogP contribution in [0.2, 0.25) is 0 Å². The molecule has 0 bridgehead atoms. The lowest BCUT2D eigenvalue weighted by atomic mass is 10.2. The van der Waals surface area contributed by atoms with Crippen LogP contribution in [0.3, 0.4) is 0 Å². The van der Waals surface area contributed by atoms with E-state index in [2.05, 4.69) is 37.9 Å². The van der Waals surface area contributed by atoms with Crippen LogP contribution < -0.4 is 0 Å². The van der Waals surface area contributed by atoms with Crippen molar-refractivity contribution in [3.63, 3.8) is 0 Å². The zero-order chi connectivity index (χ0) is 12.4. The lowest BCUT2D eigenvalue weighted by molar-refractivity contribution is 0.0819. The van der Waals surface area contributed by atoms with Gasteiger partial charge in [0.1, 0.15) is 0 Å². The molecule has 0 saturated carbocycles. The lowest BCUT2D eigenvalue weighted by Crippen LogP contribution is -2.50. The molecule has 1 aromatic heterocycles. The molecule has 3 nitrogen and oxygen atoms in total. The molecule has 1 aromatic rings. The normalized spacial score (nSPS) is 26.8. The maximum atomic E-state index is 5.48. The first-order valence-electron chi connectivity index (χ1n) is 6.59. The number of hydrogen-bond acceptors (Lipinski definition) is 4. The molecular weight excluding hydrogens is 312 g/mol. The highest BCUT2D eigenvalue weighted by molar-refractivity contribution is 9.11. The number of thiophene rings is 1. The third-order valence-electron chi connectivity index (χ3n) is 3.84. The van der Waals surface area contributed by atoms with Crippen LogP contribution in [0.4, 0.5) is 0 Å². The molecule has 0 unspecified atom stereocenters. The van der Waals surface area contributed by atoms with Crippen molar-refractivity contribution in [2.45, 2.75) is 19.0 Å². The van der Waals surface area contributed by atoms with Crippen molar-refractivity contribution in [3.8, 4) is 0 Å². The summed E-state index contributed by atoms with van der Waals surface area (Å²) in [7, 11) is 0. The van der Waals surface area contributed by atoms with Crippen LogP contribution in [0.5, 0.6) is 0 Å². The topological polar surface area (TPSA) is 15.7 Å². The molecule has 0 amide bonds. The maximum Gasteiger partial charge on any atom is 0.0701 e. The van der Waals surface area contributed by atoms with Gasteiger partial charge in [-0.2, -0.15) is 0 Å². The van der Waals surface area contributed by atoms with E-state index in [9.17, 15) is 0 Å². The van der Waals surface area contributed by atoms with E-state index in [0.29, 0.717) is 6.04 Å². The number of ether oxygens (including phenoxy) is 1. The molecule has 0 aliphatic carbocycles. The average molecular weight is 331 g/mol. The Morgan fingerprint density at radius 3 is 2.72 bits per heavy atom. The fourth-order valence-corrected chi connectivity index (χ4v) is 4.28. The number of hydrogen-bond donors (Lipinski definition) is 0. The molecule has 1 atom stereocenters. The van der Waals surface area contributed by atoms with Crippen molar-refractivity contribution in [1.29, 1.82) is 0 Å². The molecule has 0 spiro atoms. The Balaban J connectivity index is 1.47. The third kappa shape index (κ3) is 3.14. The van der Waals surface area contributed by atoms with Crippen LogP contribution in [-0.2, 0) is 11.3 Å². The zero-order valence-electron chi connectivity index (χ0n) is 10.5. The predicted octanol–water partition coefficient (Wildman–Crippen LogP) is 2.42. The number of halogens is 1. The Hall–Kier alpha value is 0.0600. The molecule has 100 valence electrons. The van der Waals surface area contributed by atoms with Gasteiger partial charge < -0.3 is 4.74 Å². The first-order chi connectivity index (χ1) is 8.81. The maximum absolute atomic E-state index is 5.48. The summed E-state index contributed by atoms with van der Waals surface area (Å²) in [5.74, 6) is 0. The van der Waals surface area contributed by atoms with Gasteiger partial charge >= 0.3 is 0 Å². The Morgan fingerprint density at radius 1 is 1.28 bits per heavy atom. The summed E-state index contributed by atoms with van der Waals surface area (Å²) in [4.78, 5) is 6.62. The van der Waals surface area contributed by atoms with E-state index in [-0.39, 0.29) is 0 Å². The highest BCUT2D eigenvalue weighted by atomic mass is 79.9. The molecule has 2 saturated heterocycles. The second-order valence-electron chi connectivity index (χ2n) is 5.04. The quantitative estimate of drug-likeness (QED) is 0.846. The molecule has 18 heavy (non-hydrogen) atoms. The number of piperazine rings is 1. The van der Waals surface area contributed by atoms with Crippen LogP contribution in [0.15, 0.2) is 15.9 Å². The van der Waals surface area contributed by atoms with Crippen LogP contribution in [-0.4, -0.2) is 55.2 Å². The molecule has 0 radical (unpaired) electrons. The summed E-state index contributed by atoms with van der Waals surface area (Å²) in [5, 5.41) is 0. The molecule has 2 aliphatic heterocycles. The Kier molecular flexibility index (Phi) is 4.36. The van der Waals surface area contributed by atoms with Crippen molar-refractivity contribution in [2.24, 2.45) is 0 Å². The van der Waals surface area contributed by atoms with E-state index in [1.54, 1.807) is 0 Å². The van der Waals surface area contributed by atoms with Crippen molar-refractivity contribution >= 4 is 27.3 Å². The van der Waals surface area contributed by atoms with Crippen molar-refractivity contribution < 1.29 is 4.74 Å². The molecule has 2 fully saturated rings. The second kappa shape index (κ2) is 6.01. The largest absolute Gasteiger partial charge is 0.380 e. The highest BCUT2D eigenvalue weighted by Gasteiger charge is 2.26. The minimum atomic E-state index is 0.683. The van der Waals surface area contributed by atoms with Gasteiger partial charge in [0.05, 0.1) is 10.4 Å². The first kappa shape index (κ1) is 13.1. The van der Waals surface area contributed by atoms with Crippen LogP contribution >= 0.6 is 27.3 Å². The van der Waals surface area contributed by atoms with Crippen molar-refractivity contribution in [3.05, 3.63) is 20.8 Å². The van der Waals surface area contributed by atoms with Gasteiger partial charge in [0.25, 0.3) is 0 Å². The van der Waals surface area contributed by atoms with Gasteiger partial charge in [-0.25, -0.2) is 0 Å². The van der Waals surface area contributed by atoms with Gasteiger partial charge in [0.2, 0.25) is 0 Å². The summed E-state index contributed by atoms with van der Waals surface area (Å²) in [5.41, 5.74) is 0. The smallest absolute Gasteiger partial charge is 0.0701 e. The summed E-state index contributed by atoms with van der Waals surface area (Å²) in [6.45, 7) is 7.76. The fourth-order valence-electron chi connectivity index (χ4n) is 2.75. The van der Waals surface area contributed by atoms with Gasteiger partial charge in [-0.05, 0) is 34.5 Å². The summed E-state index contributed by atoms with van der Waals surface area (Å²) in [6.07, 6.45) is 1.22. The molecule has 0 N–H and O–H groups in total. The molecule has 5 heteroatoms. The van der Waals surface area contributed by atoms with Crippen molar-refractivity contribution in [2.75, 3.05) is 39.4 Å². The first-order valence-corrected chi connectivity index (χ1v) is 8.20. The minimum absolute atomic E-state index is 0.683. The van der Waals surface area contributed by atoms with E-state index in [4.69, 9.17) is 4.74 Å². The van der Waals surface area contributed by atoms with Gasteiger partial charge in [-0.15, -0.1) is 11.3 Å². The summed E-state index contributed by atoms with van der Waals surface area (Å²) >= 11 is 5.38. The SMILES string of the molecule is Brc1ccc(CN2CCN([C@H]3CCOC3)CC2)s1. The monoisotopic (exact) mass is 330 g/mol. The van der Waals surface area contributed by atoms with Crippen LogP contribution in [0.1, 0.15) is 11.3 Å². The molecular formula is C13H19BrN2OS. The van der Waals surface area contributed by atoms with E-state index < -0.39 is 0 Å². The highest BCUT2D eigenvalue weighted by Crippen LogP contribution is 2.24. The van der Waals surface area contributed by atoms with Gasteiger partial charge in [0.15, 0.2) is 0 Å². The summed E-state index contributed by atoms with van der Waals surface area (Å²) < 4.78 is 6.71. The molecule has 0 aromatic carbocycles. The zero-order valence-corrected chi connectivity index (χ0v) is 12.9. The standard InChI is InChI=1S/C13H19BrN2OS/c14-13-2-1-12(18-13)9-15-4-6-16(7-5-15)11-3-8-17-10-11/h1-2,11H,3-10H2/t11-/m0/s1. The fraction of sp³-hybridized carbons (Fsp3) is 0.692. The van der Waals surface area contributed by atoms with Crippen molar-refractivity contribution in [1.82, 2.24) is 9.80 Å².